The minimum atomic E-state index is 0.787. The van der Waals surface area contributed by atoms with Crippen molar-refractivity contribution in [2.45, 2.75) is 26.3 Å². The fraction of sp³-hybridized carbons (Fsp3) is 0.357. The van der Waals surface area contributed by atoms with E-state index in [9.17, 15) is 4.79 Å². The maximum absolute atomic E-state index is 11.1. The standard InChI is InChI=1S/C14H15NO/c1-10-3-2-4-14-13(10)7-12(9-16)15(14)8-11-5-6-11/h2-4,7,9,11H,5-6,8H2,1H3. The van der Waals surface area contributed by atoms with Gasteiger partial charge in [-0.05, 0) is 43.4 Å². The van der Waals surface area contributed by atoms with Crippen molar-refractivity contribution in [3.63, 3.8) is 0 Å². The summed E-state index contributed by atoms with van der Waals surface area (Å²) in [5, 5.41) is 1.21. The lowest BCUT2D eigenvalue weighted by Crippen LogP contribution is -2.03. The van der Waals surface area contributed by atoms with Crippen LogP contribution in [-0.2, 0) is 6.54 Å². The van der Waals surface area contributed by atoms with Crippen LogP contribution in [0.25, 0.3) is 10.9 Å². The van der Waals surface area contributed by atoms with E-state index in [0.717, 1.165) is 24.4 Å². The SMILES string of the molecule is Cc1cccc2c1cc(C=O)n2CC1CC1. The first-order valence-electron chi connectivity index (χ1n) is 5.83. The van der Waals surface area contributed by atoms with Gasteiger partial charge < -0.3 is 4.57 Å². The number of nitrogens with zero attached hydrogens (tertiary/aromatic N) is 1. The Balaban J connectivity index is 2.21. The van der Waals surface area contributed by atoms with Gasteiger partial charge in [-0.3, -0.25) is 4.79 Å². The molecule has 0 spiro atoms. The van der Waals surface area contributed by atoms with E-state index in [1.54, 1.807) is 0 Å². The van der Waals surface area contributed by atoms with Crippen LogP contribution >= 0.6 is 0 Å². The van der Waals surface area contributed by atoms with Crippen molar-refractivity contribution in [2.24, 2.45) is 5.92 Å². The lowest BCUT2D eigenvalue weighted by atomic mass is 10.1. The summed E-state index contributed by atoms with van der Waals surface area (Å²) in [4.78, 5) is 11.1. The first-order valence-corrected chi connectivity index (χ1v) is 5.83. The fourth-order valence-electron chi connectivity index (χ4n) is 2.31. The Hall–Kier alpha value is -1.57. The Kier molecular flexibility index (Phi) is 2.10. The van der Waals surface area contributed by atoms with Crippen molar-refractivity contribution in [3.05, 3.63) is 35.5 Å². The fourth-order valence-corrected chi connectivity index (χ4v) is 2.31. The zero-order valence-electron chi connectivity index (χ0n) is 9.44. The van der Waals surface area contributed by atoms with Crippen LogP contribution in [0.1, 0.15) is 28.9 Å². The molecule has 1 aromatic carbocycles. The number of rotatable bonds is 3. The number of fused-ring (bicyclic) bond motifs is 1. The van der Waals surface area contributed by atoms with Crippen LogP contribution in [0.4, 0.5) is 0 Å². The van der Waals surface area contributed by atoms with Crippen LogP contribution in [0.3, 0.4) is 0 Å². The second kappa shape index (κ2) is 3.48. The van der Waals surface area contributed by atoms with Crippen LogP contribution in [0.5, 0.6) is 0 Å². The molecular formula is C14H15NO. The topological polar surface area (TPSA) is 22.0 Å². The van der Waals surface area contributed by atoms with Gasteiger partial charge in [0, 0.05) is 17.4 Å². The largest absolute Gasteiger partial charge is 0.338 e. The molecule has 2 heteroatoms. The minimum absolute atomic E-state index is 0.787. The predicted octanol–water partition coefficient (Wildman–Crippen LogP) is 3.17. The first-order chi connectivity index (χ1) is 7.79. The molecule has 1 fully saturated rings. The highest BCUT2D eigenvalue weighted by atomic mass is 16.1. The van der Waals surface area contributed by atoms with Gasteiger partial charge in [0.05, 0.1) is 5.69 Å². The third-order valence-corrected chi connectivity index (χ3v) is 3.45. The highest BCUT2D eigenvalue weighted by Gasteiger charge is 2.23. The highest BCUT2D eigenvalue weighted by Crippen LogP contribution is 2.33. The molecule has 1 aliphatic rings. The van der Waals surface area contributed by atoms with E-state index in [4.69, 9.17) is 0 Å². The van der Waals surface area contributed by atoms with Crippen LogP contribution in [0.15, 0.2) is 24.3 Å². The number of aldehydes is 1. The average molecular weight is 213 g/mol. The summed E-state index contributed by atoms with van der Waals surface area (Å²) in [5.41, 5.74) is 3.26. The zero-order chi connectivity index (χ0) is 11.1. The lowest BCUT2D eigenvalue weighted by Gasteiger charge is -2.06. The second-order valence-electron chi connectivity index (χ2n) is 4.75. The molecule has 82 valence electrons. The van der Waals surface area contributed by atoms with Crippen LogP contribution in [-0.4, -0.2) is 10.9 Å². The molecule has 0 radical (unpaired) electrons. The van der Waals surface area contributed by atoms with E-state index in [-0.39, 0.29) is 0 Å². The molecule has 0 saturated heterocycles. The number of hydrogen-bond acceptors (Lipinski definition) is 1. The summed E-state index contributed by atoms with van der Waals surface area (Å²) in [7, 11) is 0. The molecule has 0 bridgehead atoms. The average Bonchev–Trinajstić information content (AvgIpc) is 3.02. The van der Waals surface area contributed by atoms with Gasteiger partial charge in [-0.15, -0.1) is 0 Å². The van der Waals surface area contributed by atoms with Gasteiger partial charge in [0.2, 0.25) is 0 Å². The van der Waals surface area contributed by atoms with Gasteiger partial charge in [-0.1, -0.05) is 12.1 Å². The third kappa shape index (κ3) is 1.45. The molecule has 0 unspecified atom stereocenters. The Morgan fingerprint density at radius 3 is 2.94 bits per heavy atom. The number of aryl methyl sites for hydroxylation is 1. The summed E-state index contributed by atoms with van der Waals surface area (Å²) < 4.78 is 2.17. The summed E-state index contributed by atoms with van der Waals surface area (Å²) in [6.07, 6.45) is 3.59. The van der Waals surface area contributed by atoms with Gasteiger partial charge in [-0.25, -0.2) is 0 Å². The lowest BCUT2D eigenvalue weighted by molar-refractivity contribution is 0.111. The Morgan fingerprint density at radius 2 is 2.25 bits per heavy atom. The van der Waals surface area contributed by atoms with E-state index in [2.05, 4.69) is 29.7 Å². The van der Waals surface area contributed by atoms with Crippen molar-refractivity contribution in [1.29, 1.82) is 0 Å². The van der Waals surface area contributed by atoms with Gasteiger partial charge in [0.1, 0.15) is 0 Å². The number of aromatic nitrogens is 1. The van der Waals surface area contributed by atoms with E-state index in [1.807, 2.05) is 6.07 Å². The van der Waals surface area contributed by atoms with E-state index in [1.165, 1.54) is 29.3 Å². The molecule has 2 aromatic rings. The number of benzene rings is 1. The molecule has 0 amide bonds. The molecule has 0 aliphatic heterocycles. The minimum Gasteiger partial charge on any atom is -0.338 e. The molecule has 16 heavy (non-hydrogen) atoms. The molecule has 0 N–H and O–H groups in total. The molecule has 1 aliphatic carbocycles. The molecule has 3 rings (SSSR count). The Morgan fingerprint density at radius 1 is 1.44 bits per heavy atom. The van der Waals surface area contributed by atoms with Crippen molar-refractivity contribution in [3.8, 4) is 0 Å². The van der Waals surface area contributed by atoms with E-state index < -0.39 is 0 Å². The molecule has 1 heterocycles. The van der Waals surface area contributed by atoms with E-state index >= 15 is 0 Å². The summed E-state index contributed by atoms with van der Waals surface area (Å²) >= 11 is 0. The molecule has 0 atom stereocenters. The first kappa shape index (κ1) is 9.64. The van der Waals surface area contributed by atoms with Crippen molar-refractivity contribution < 1.29 is 4.79 Å². The second-order valence-corrected chi connectivity index (χ2v) is 4.75. The van der Waals surface area contributed by atoms with Crippen LogP contribution in [0, 0.1) is 12.8 Å². The van der Waals surface area contributed by atoms with Crippen molar-refractivity contribution in [2.75, 3.05) is 0 Å². The predicted molar refractivity (Wildman–Crippen MR) is 64.8 cm³/mol. The Bertz CT molecular complexity index is 549. The van der Waals surface area contributed by atoms with Crippen LogP contribution < -0.4 is 0 Å². The van der Waals surface area contributed by atoms with Gasteiger partial charge in [0.15, 0.2) is 6.29 Å². The normalized spacial score (nSPS) is 15.6. The zero-order valence-corrected chi connectivity index (χ0v) is 9.44. The molecular weight excluding hydrogens is 198 g/mol. The monoisotopic (exact) mass is 213 g/mol. The number of carbonyl (C=O) groups excluding carboxylic acids is 1. The summed E-state index contributed by atoms with van der Waals surface area (Å²) in [6.45, 7) is 3.10. The summed E-state index contributed by atoms with van der Waals surface area (Å²) in [6, 6.07) is 8.28. The summed E-state index contributed by atoms with van der Waals surface area (Å²) in [5.74, 6) is 0.787. The Labute approximate surface area is 94.9 Å². The third-order valence-electron chi connectivity index (χ3n) is 3.45. The molecule has 1 saturated carbocycles. The van der Waals surface area contributed by atoms with Gasteiger partial charge in [-0.2, -0.15) is 0 Å². The highest BCUT2D eigenvalue weighted by molar-refractivity contribution is 5.90. The molecule has 2 nitrogen and oxygen atoms in total. The van der Waals surface area contributed by atoms with Gasteiger partial charge >= 0.3 is 0 Å². The quantitative estimate of drug-likeness (QED) is 0.718. The van der Waals surface area contributed by atoms with Crippen molar-refractivity contribution in [1.82, 2.24) is 4.57 Å². The maximum Gasteiger partial charge on any atom is 0.166 e. The molecule has 1 aromatic heterocycles. The van der Waals surface area contributed by atoms with Crippen molar-refractivity contribution >= 4 is 17.2 Å². The number of hydrogen-bond donors (Lipinski definition) is 0. The van der Waals surface area contributed by atoms with E-state index in [0.29, 0.717) is 0 Å². The number of carbonyl (C=O) groups is 1. The maximum atomic E-state index is 11.1. The smallest absolute Gasteiger partial charge is 0.166 e. The van der Waals surface area contributed by atoms with Crippen LogP contribution in [0.2, 0.25) is 0 Å². The van der Waals surface area contributed by atoms with Gasteiger partial charge in [0.25, 0.3) is 0 Å².